The van der Waals surface area contributed by atoms with E-state index >= 15 is 0 Å². The van der Waals surface area contributed by atoms with E-state index in [4.69, 9.17) is 10.7 Å². The zero-order valence-corrected chi connectivity index (χ0v) is 14.5. The lowest BCUT2D eigenvalue weighted by Crippen LogP contribution is -1.98. The van der Waals surface area contributed by atoms with Gasteiger partial charge in [-0.15, -0.1) is 0 Å². The summed E-state index contributed by atoms with van der Waals surface area (Å²) in [6, 6.07) is 16.8. The minimum Gasteiger partial charge on any atom is -0.384 e. The SMILES string of the molecule is Cc1nc2ccc(-c3ccnc(N)c3)cc2n1-c1ccc2c(c1)CCN2. The molecule has 0 amide bonds. The van der Waals surface area contributed by atoms with Crippen LogP contribution in [0.4, 0.5) is 11.5 Å². The number of benzene rings is 2. The third-order valence-corrected chi connectivity index (χ3v) is 4.99. The number of fused-ring (bicyclic) bond motifs is 2. The molecule has 0 fully saturated rings. The quantitative estimate of drug-likeness (QED) is 0.579. The second kappa shape index (κ2) is 5.59. The Morgan fingerprint density at radius 1 is 1.04 bits per heavy atom. The van der Waals surface area contributed by atoms with Crippen molar-refractivity contribution in [1.29, 1.82) is 0 Å². The lowest BCUT2D eigenvalue weighted by atomic mass is 10.1. The highest BCUT2D eigenvalue weighted by atomic mass is 15.1. The summed E-state index contributed by atoms with van der Waals surface area (Å²) in [5.74, 6) is 1.51. The molecule has 0 aliphatic carbocycles. The van der Waals surface area contributed by atoms with Crippen LogP contribution in [0.15, 0.2) is 54.7 Å². The van der Waals surface area contributed by atoms with Crippen LogP contribution in [0.5, 0.6) is 0 Å². The highest BCUT2D eigenvalue weighted by Gasteiger charge is 2.15. The molecule has 3 heterocycles. The van der Waals surface area contributed by atoms with Crippen molar-refractivity contribution in [3.05, 3.63) is 66.1 Å². The second-order valence-corrected chi connectivity index (χ2v) is 6.69. The second-order valence-electron chi connectivity index (χ2n) is 6.69. The van der Waals surface area contributed by atoms with Gasteiger partial charge in [-0.05, 0) is 72.5 Å². The van der Waals surface area contributed by atoms with Gasteiger partial charge in [0.25, 0.3) is 0 Å². The topological polar surface area (TPSA) is 68.8 Å². The predicted molar refractivity (Wildman–Crippen MR) is 106 cm³/mol. The summed E-state index contributed by atoms with van der Waals surface area (Å²) in [7, 11) is 0. The fourth-order valence-corrected chi connectivity index (χ4v) is 3.76. The first-order valence-corrected chi connectivity index (χ1v) is 8.77. The Bertz CT molecular complexity index is 1140. The van der Waals surface area contributed by atoms with E-state index in [1.807, 2.05) is 12.1 Å². The van der Waals surface area contributed by atoms with Gasteiger partial charge < -0.3 is 11.1 Å². The van der Waals surface area contributed by atoms with Crippen molar-refractivity contribution in [2.24, 2.45) is 0 Å². The molecule has 3 N–H and O–H groups in total. The zero-order valence-electron chi connectivity index (χ0n) is 14.5. The molecule has 0 saturated carbocycles. The molecular formula is C21H19N5. The number of aromatic nitrogens is 3. The van der Waals surface area contributed by atoms with Gasteiger partial charge in [0.15, 0.2) is 0 Å². The minimum absolute atomic E-state index is 0.526. The van der Waals surface area contributed by atoms with Crippen LogP contribution < -0.4 is 11.1 Å². The number of nitrogen functional groups attached to an aromatic ring is 1. The van der Waals surface area contributed by atoms with Gasteiger partial charge in [0.1, 0.15) is 11.6 Å². The Balaban J connectivity index is 1.70. The summed E-state index contributed by atoms with van der Waals surface area (Å²) in [6.07, 6.45) is 2.81. The molecule has 4 aromatic rings. The van der Waals surface area contributed by atoms with Crippen LogP contribution in [0.1, 0.15) is 11.4 Å². The average Bonchev–Trinajstić information content (AvgIpc) is 3.23. The maximum atomic E-state index is 5.85. The molecule has 0 unspecified atom stereocenters. The lowest BCUT2D eigenvalue weighted by molar-refractivity contribution is 0.996. The van der Waals surface area contributed by atoms with Crippen molar-refractivity contribution in [2.75, 3.05) is 17.6 Å². The van der Waals surface area contributed by atoms with Crippen LogP contribution in [0.25, 0.3) is 27.8 Å². The number of nitrogens with two attached hydrogens (primary N) is 1. The molecule has 0 spiro atoms. The van der Waals surface area contributed by atoms with Crippen LogP contribution >= 0.6 is 0 Å². The number of nitrogens with one attached hydrogen (secondary N) is 1. The van der Waals surface area contributed by atoms with E-state index in [1.54, 1.807) is 6.20 Å². The Labute approximate surface area is 151 Å². The molecule has 5 heteroatoms. The van der Waals surface area contributed by atoms with E-state index in [2.05, 4.69) is 58.2 Å². The highest BCUT2D eigenvalue weighted by molar-refractivity contribution is 5.84. The van der Waals surface area contributed by atoms with E-state index in [0.29, 0.717) is 5.82 Å². The third kappa shape index (κ3) is 2.32. The molecule has 2 aromatic heterocycles. The standard InChI is InChI=1S/C21H19N5/c1-13-25-19-4-2-14(15-6-9-24-21(22)12-15)11-20(19)26(13)17-3-5-18-16(10-17)7-8-23-18/h2-6,9-12,23H,7-8H2,1H3,(H2,22,24). The number of aryl methyl sites for hydroxylation is 1. The highest BCUT2D eigenvalue weighted by Crippen LogP contribution is 2.30. The van der Waals surface area contributed by atoms with Gasteiger partial charge >= 0.3 is 0 Å². The Morgan fingerprint density at radius 3 is 2.81 bits per heavy atom. The normalized spacial score (nSPS) is 13.0. The first-order chi connectivity index (χ1) is 12.7. The molecular weight excluding hydrogens is 322 g/mol. The molecule has 2 aromatic carbocycles. The first-order valence-electron chi connectivity index (χ1n) is 8.77. The van der Waals surface area contributed by atoms with Crippen LogP contribution in [-0.4, -0.2) is 21.1 Å². The van der Waals surface area contributed by atoms with Crippen molar-refractivity contribution in [1.82, 2.24) is 14.5 Å². The summed E-state index contributed by atoms with van der Waals surface area (Å²) in [5.41, 5.74) is 13.9. The smallest absolute Gasteiger partial charge is 0.123 e. The van der Waals surface area contributed by atoms with Gasteiger partial charge in [-0.1, -0.05) is 6.07 Å². The monoisotopic (exact) mass is 341 g/mol. The lowest BCUT2D eigenvalue weighted by Gasteiger charge is -2.10. The Kier molecular flexibility index (Phi) is 3.22. The van der Waals surface area contributed by atoms with Gasteiger partial charge in [0, 0.05) is 24.1 Å². The summed E-state index contributed by atoms with van der Waals surface area (Å²) in [6.45, 7) is 3.06. The number of hydrogen-bond donors (Lipinski definition) is 2. The van der Waals surface area contributed by atoms with Gasteiger partial charge in [0.05, 0.1) is 11.0 Å². The number of pyridine rings is 1. The van der Waals surface area contributed by atoms with Crippen LogP contribution in [0.2, 0.25) is 0 Å². The summed E-state index contributed by atoms with van der Waals surface area (Å²) < 4.78 is 2.22. The molecule has 128 valence electrons. The van der Waals surface area contributed by atoms with Crippen LogP contribution in [0, 0.1) is 6.92 Å². The van der Waals surface area contributed by atoms with Crippen LogP contribution in [-0.2, 0) is 6.42 Å². The average molecular weight is 341 g/mol. The predicted octanol–water partition coefficient (Wildman–Crippen LogP) is 3.95. The van der Waals surface area contributed by atoms with E-state index < -0.39 is 0 Å². The van der Waals surface area contributed by atoms with Crippen molar-refractivity contribution in [3.63, 3.8) is 0 Å². The van der Waals surface area contributed by atoms with Crippen LogP contribution in [0.3, 0.4) is 0 Å². The van der Waals surface area contributed by atoms with Crippen molar-refractivity contribution >= 4 is 22.5 Å². The zero-order chi connectivity index (χ0) is 17.7. The molecule has 0 radical (unpaired) electrons. The molecule has 26 heavy (non-hydrogen) atoms. The fourth-order valence-electron chi connectivity index (χ4n) is 3.76. The summed E-state index contributed by atoms with van der Waals surface area (Å²) in [4.78, 5) is 8.83. The van der Waals surface area contributed by atoms with Crippen molar-refractivity contribution < 1.29 is 0 Å². The molecule has 0 saturated heterocycles. The van der Waals surface area contributed by atoms with Gasteiger partial charge in [0.2, 0.25) is 0 Å². The Morgan fingerprint density at radius 2 is 1.92 bits per heavy atom. The Hall–Kier alpha value is -3.34. The first kappa shape index (κ1) is 15.0. The van der Waals surface area contributed by atoms with E-state index in [1.165, 1.54) is 11.3 Å². The van der Waals surface area contributed by atoms with E-state index in [0.717, 1.165) is 46.6 Å². The number of rotatable bonds is 2. The molecule has 5 nitrogen and oxygen atoms in total. The molecule has 0 atom stereocenters. The van der Waals surface area contributed by atoms with Gasteiger partial charge in [-0.25, -0.2) is 9.97 Å². The minimum atomic E-state index is 0.526. The molecule has 0 bridgehead atoms. The summed E-state index contributed by atoms with van der Waals surface area (Å²) in [5, 5.41) is 3.42. The molecule has 1 aliphatic rings. The number of imidazole rings is 1. The maximum absolute atomic E-state index is 5.85. The largest absolute Gasteiger partial charge is 0.384 e. The molecule has 1 aliphatic heterocycles. The maximum Gasteiger partial charge on any atom is 0.123 e. The van der Waals surface area contributed by atoms with Gasteiger partial charge in [-0.2, -0.15) is 0 Å². The number of anilines is 2. The number of nitrogens with zero attached hydrogens (tertiary/aromatic N) is 3. The third-order valence-electron chi connectivity index (χ3n) is 4.99. The fraction of sp³-hybridized carbons (Fsp3) is 0.143. The van der Waals surface area contributed by atoms with Crippen molar-refractivity contribution in [3.8, 4) is 16.8 Å². The van der Waals surface area contributed by atoms with Gasteiger partial charge in [-0.3, -0.25) is 4.57 Å². The van der Waals surface area contributed by atoms with Crippen molar-refractivity contribution in [2.45, 2.75) is 13.3 Å². The van der Waals surface area contributed by atoms with E-state index in [9.17, 15) is 0 Å². The van der Waals surface area contributed by atoms with E-state index in [-0.39, 0.29) is 0 Å². The molecule has 5 rings (SSSR count). The number of hydrogen-bond acceptors (Lipinski definition) is 4. The summed E-state index contributed by atoms with van der Waals surface area (Å²) >= 11 is 0.